The predicted molar refractivity (Wildman–Crippen MR) is 148 cm³/mol. The predicted octanol–water partition coefficient (Wildman–Crippen LogP) is 5.68. The fourth-order valence-electron chi connectivity index (χ4n) is 5.73. The molecule has 9 heteroatoms. The third kappa shape index (κ3) is 4.67. The lowest BCUT2D eigenvalue weighted by molar-refractivity contribution is -0.138. The largest absolute Gasteiger partial charge is 0.488 e. The van der Waals surface area contributed by atoms with Crippen LogP contribution in [0.2, 0.25) is 5.02 Å². The lowest BCUT2D eigenvalue weighted by Crippen LogP contribution is -2.31. The van der Waals surface area contributed by atoms with Gasteiger partial charge < -0.3 is 25.0 Å². The van der Waals surface area contributed by atoms with E-state index in [4.69, 9.17) is 21.3 Å². The van der Waals surface area contributed by atoms with Crippen molar-refractivity contribution in [2.24, 2.45) is 0 Å². The number of carboxylic acids is 1. The van der Waals surface area contributed by atoms with Gasteiger partial charge in [-0.3, -0.25) is 4.79 Å². The molecule has 8 nitrogen and oxygen atoms in total. The molecule has 0 radical (unpaired) electrons. The summed E-state index contributed by atoms with van der Waals surface area (Å²) in [6.07, 6.45) is 6.20. The quantitative estimate of drug-likeness (QED) is 0.401. The van der Waals surface area contributed by atoms with E-state index in [2.05, 4.69) is 34.4 Å². The first-order valence-corrected chi connectivity index (χ1v) is 13.6. The standard InChI is InChI=1S/C29H32ClN5O3/c1-29(14-26(36)37)17-35(24-9-4-3-8-21(24)29)27-22(30)15-31-28(33-27)32-23-12-19-16-34(2)11-10-18(19)13-25(23)38-20-6-5-7-20/h3-4,8-9,12-13,15,20H,5-7,10-11,14,16-17H2,1-2H3,(H,36,37)(H,31,32,33). The summed E-state index contributed by atoms with van der Waals surface area (Å²) < 4.78 is 6.39. The number of carboxylic acid groups (broad SMARTS) is 1. The summed E-state index contributed by atoms with van der Waals surface area (Å²) in [7, 11) is 2.13. The molecule has 6 rings (SSSR count). The highest BCUT2D eigenvalue weighted by Gasteiger charge is 2.42. The van der Waals surface area contributed by atoms with Gasteiger partial charge in [0.05, 0.1) is 24.4 Å². The zero-order valence-corrected chi connectivity index (χ0v) is 22.5. The molecule has 1 aromatic heterocycles. The van der Waals surface area contributed by atoms with E-state index in [0.29, 0.717) is 23.3 Å². The van der Waals surface area contributed by atoms with E-state index in [9.17, 15) is 9.90 Å². The molecule has 38 heavy (non-hydrogen) atoms. The molecular formula is C29H32ClN5O3. The third-order valence-electron chi connectivity index (χ3n) is 7.97. The van der Waals surface area contributed by atoms with Crippen LogP contribution in [0.15, 0.2) is 42.6 Å². The average Bonchev–Trinajstić information content (AvgIpc) is 3.14. The van der Waals surface area contributed by atoms with Gasteiger partial charge in [0.25, 0.3) is 0 Å². The van der Waals surface area contributed by atoms with E-state index in [1.54, 1.807) is 6.20 Å². The van der Waals surface area contributed by atoms with Gasteiger partial charge in [0.1, 0.15) is 10.8 Å². The summed E-state index contributed by atoms with van der Waals surface area (Å²) in [6, 6.07) is 12.2. The lowest BCUT2D eigenvalue weighted by Gasteiger charge is -2.30. The summed E-state index contributed by atoms with van der Waals surface area (Å²) in [5, 5.41) is 13.4. The number of fused-ring (bicyclic) bond motifs is 2. The van der Waals surface area contributed by atoms with Crippen LogP contribution in [0.25, 0.3) is 0 Å². The van der Waals surface area contributed by atoms with Gasteiger partial charge in [0, 0.05) is 30.7 Å². The van der Waals surface area contributed by atoms with Gasteiger partial charge in [-0.2, -0.15) is 4.98 Å². The number of ether oxygens (including phenoxy) is 1. The van der Waals surface area contributed by atoms with Gasteiger partial charge in [0.2, 0.25) is 5.95 Å². The minimum Gasteiger partial charge on any atom is -0.488 e. The Morgan fingerprint density at radius 2 is 2.08 bits per heavy atom. The topological polar surface area (TPSA) is 90.8 Å². The van der Waals surface area contributed by atoms with E-state index in [-0.39, 0.29) is 12.5 Å². The van der Waals surface area contributed by atoms with Crippen molar-refractivity contribution in [3.8, 4) is 5.75 Å². The highest BCUT2D eigenvalue weighted by molar-refractivity contribution is 6.33. The highest BCUT2D eigenvalue weighted by Crippen LogP contribution is 2.47. The van der Waals surface area contributed by atoms with E-state index >= 15 is 0 Å². The maximum absolute atomic E-state index is 11.7. The normalized spacial score (nSPS) is 21.0. The number of para-hydroxylation sites is 1. The second kappa shape index (κ2) is 9.75. The summed E-state index contributed by atoms with van der Waals surface area (Å²) in [5.41, 5.74) is 4.76. The summed E-state index contributed by atoms with van der Waals surface area (Å²) in [4.78, 5) is 25.3. The zero-order valence-electron chi connectivity index (χ0n) is 21.7. The van der Waals surface area contributed by atoms with Crippen molar-refractivity contribution in [2.45, 2.75) is 57.1 Å². The second-order valence-corrected chi connectivity index (χ2v) is 11.4. The van der Waals surface area contributed by atoms with E-state index in [1.165, 1.54) is 17.5 Å². The summed E-state index contributed by atoms with van der Waals surface area (Å²) >= 11 is 6.64. The Kier molecular flexibility index (Phi) is 6.40. The fraction of sp³-hybridized carbons (Fsp3) is 0.414. The second-order valence-electron chi connectivity index (χ2n) is 11.0. The van der Waals surface area contributed by atoms with Gasteiger partial charge in [-0.25, -0.2) is 4.98 Å². The minimum atomic E-state index is -0.836. The van der Waals surface area contributed by atoms with E-state index in [1.807, 2.05) is 36.1 Å². The van der Waals surface area contributed by atoms with Crippen LogP contribution in [-0.4, -0.2) is 52.2 Å². The minimum absolute atomic E-state index is 0.0137. The number of rotatable bonds is 7. The molecule has 1 atom stereocenters. The molecule has 2 N–H and O–H groups in total. The van der Waals surface area contributed by atoms with Crippen molar-refractivity contribution in [3.05, 3.63) is 64.3 Å². The molecule has 1 saturated carbocycles. The molecule has 0 amide bonds. The van der Waals surface area contributed by atoms with Crippen LogP contribution in [0.4, 0.5) is 23.1 Å². The number of hydrogen-bond donors (Lipinski definition) is 2. The number of halogens is 1. The first-order valence-electron chi connectivity index (χ1n) is 13.2. The molecule has 3 aliphatic rings. The number of anilines is 4. The maximum atomic E-state index is 11.7. The Labute approximate surface area is 227 Å². The summed E-state index contributed by atoms with van der Waals surface area (Å²) in [5.74, 6) is 0.956. The first kappa shape index (κ1) is 24.9. The smallest absolute Gasteiger partial charge is 0.304 e. The van der Waals surface area contributed by atoms with Crippen molar-refractivity contribution in [2.75, 3.05) is 30.4 Å². The molecule has 3 aromatic rings. The molecule has 0 saturated heterocycles. The Morgan fingerprint density at radius 1 is 1.26 bits per heavy atom. The SMILES string of the molecule is CN1CCc2cc(OC3CCC3)c(Nc3ncc(Cl)c(N4CC(C)(CC(=O)O)c5ccccc54)n3)cc2C1. The van der Waals surface area contributed by atoms with Crippen molar-refractivity contribution >= 4 is 40.7 Å². The maximum Gasteiger partial charge on any atom is 0.304 e. The number of benzene rings is 2. The zero-order chi connectivity index (χ0) is 26.4. The van der Waals surface area contributed by atoms with Crippen LogP contribution in [0, 0.1) is 0 Å². The number of likely N-dealkylation sites (N-methyl/N-ethyl adjacent to an activating group) is 1. The van der Waals surface area contributed by atoms with Gasteiger partial charge in [-0.1, -0.05) is 36.7 Å². The molecule has 2 aromatic carbocycles. The molecular weight excluding hydrogens is 502 g/mol. The Bertz CT molecular complexity index is 1390. The number of nitrogens with zero attached hydrogens (tertiary/aromatic N) is 4. The molecule has 0 spiro atoms. The highest BCUT2D eigenvalue weighted by atomic mass is 35.5. The van der Waals surface area contributed by atoms with Gasteiger partial charge >= 0.3 is 5.97 Å². The molecule has 198 valence electrons. The van der Waals surface area contributed by atoms with Gasteiger partial charge in [-0.05, 0) is 67.6 Å². The number of nitrogens with one attached hydrogen (secondary N) is 1. The monoisotopic (exact) mass is 533 g/mol. The van der Waals surface area contributed by atoms with Crippen LogP contribution >= 0.6 is 11.6 Å². The van der Waals surface area contributed by atoms with Crippen LogP contribution in [-0.2, 0) is 23.2 Å². The van der Waals surface area contributed by atoms with Crippen LogP contribution in [0.1, 0.15) is 49.3 Å². The summed E-state index contributed by atoms with van der Waals surface area (Å²) in [6.45, 7) is 4.34. The van der Waals surface area contributed by atoms with Gasteiger partial charge in [-0.15, -0.1) is 0 Å². The molecule has 3 heterocycles. The van der Waals surface area contributed by atoms with Crippen molar-refractivity contribution < 1.29 is 14.6 Å². The van der Waals surface area contributed by atoms with Crippen molar-refractivity contribution in [3.63, 3.8) is 0 Å². The van der Waals surface area contributed by atoms with E-state index in [0.717, 1.165) is 55.0 Å². The van der Waals surface area contributed by atoms with Crippen LogP contribution in [0.5, 0.6) is 5.75 Å². The molecule has 0 bridgehead atoms. The number of aromatic nitrogens is 2. The van der Waals surface area contributed by atoms with Crippen LogP contribution in [0.3, 0.4) is 0 Å². The Hall–Kier alpha value is -3.36. The number of aliphatic carboxylic acids is 1. The number of carbonyl (C=O) groups is 1. The van der Waals surface area contributed by atoms with Gasteiger partial charge in [0.15, 0.2) is 5.82 Å². The molecule has 2 aliphatic heterocycles. The fourth-order valence-corrected chi connectivity index (χ4v) is 5.92. The average molecular weight is 534 g/mol. The molecule has 1 fully saturated rings. The van der Waals surface area contributed by atoms with Crippen LogP contribution < -0.4 is 15.0 Å². The first-order chi connectivity index (χ1) is 18.3. The van der Waals surface area contributed by atoms with E-state index < -0.39 is 11.4 Å². The molecule has 1 aliphatic carbocycles. The Morgan fingerprint density at radius 3 is 2.84 bits per heavy atom. The molecule has 1 unspecified atom stereocenters. The number of hydrogen-bond acceptors (Lipinski definition) is 7. The third-order valence-corrected chi connectivity index (χ3v) is 8.24. The Balaban J connectivity index is 1.35. The van der Waals surface area contributed by atoms with Crippen molar-refractivity contribution in [1.82, 2.24) is 14.9 Å². The van der Waals surface area contributed by atoms with Crippen molar-refractivity contribution in [1.29, 1.82) is 0 Å². The lowest BCUT2D eigenvalue weighted by atomic mass is 9.81.